The van der Waals surface area contributed by atoms with E-state index in [1.807, 2.05) is 19.9 Å². The summed E-state index contributed by atoms with van der Waals surface area (Å²) >= 11 is 0. The van der Waals surface area contributed by atoms with E-state index >= 15 is 0 Å². The van der Waals surface area contributed by atoms with Crippen LogP contribution < -0.4 is 10.1 Å². The van der Waals surface area contributed by atoms with Crippen molar-refractivity contribution >= 4 is 5.69 Å². The zero-order valence-corrected chi connectivity index (χ0v) is 12.0. The molecule has 1 aromatic carbocycles. The van der Waals surface area contributed by atoms with E-state index in [0.717, 1.165) is 24.2 Å². The lowest BCUT2D eigenvalue weighted by atomic mass is 10.2. The van der Waals surface area contributed by atoms with Crippen LogP contribution in [0.5, 0.6) is 11.6 Å². The predicted molar refractivity (Wildman–Crippen MR) is 79.5 cm³/mol. The van der Waals surface area contributed by atoms with E-state index in [2.05, 4.69) is 10.3 Å². The third kappa shape index (κ3) is 4.00. The number of nitro groups is 1. The Hall–Kier alpha value is -2.47. The molecule has 0 amide bonds. The van der Waals surface area contributed by atoms with E-state index < -0.39 is 4.92 Å². The summed E-state index contributed by atoms with van der Waals surface area (Å²) in [5.41, 5.74) is 1.85. The van der Waals surface area contributed by atoms with Crippen molar-refractivity contribution in [2.45, 2.75) is 20.4 Å². The molecule has 0 atom stereocenters. The van der Waals surface area contributed by atoms with Crippen LogP contribution in [-0.2, 0) is 6.54 Å². The lowest BCUT2D eigenvalue weighted by Gasteiger charge is -2.07. The van der Waals surface area contributed by atoms with Gasteiger partial charge in [0, 0.05) is 24.9 Å². The standard InChI is InChI=1S/C15H17N3O3/c1-3-16-9-12-5-7-15(17-10-12)21-14-8-11(2)4-6-13(14)18(19)20/h4-8,10,16H,3,9H2,1-2H3. The first-order valence-corrected chi connectivity index (χ1v) is 6.68. The van der Waals surface area contributed by atoms with Gasteiger partial charge in [-0.05, 0) is 30.7 Å². The van der Waals surface area contributed by atoms with Crippen molar-refractivity contribution in [1.82, 2.24) is 10.3 Å². The molecule has 0 aliphatic rings. The number of pyridine rings is 1. The predicted octanol–water partition coefficient (Wildman–Crippen LogP) is 3.20. The maximum Gasteiger partial charge on any atom is 0.311 e. The number of ether oxygens (including phenoxy) is 1. The van der Waals surface area contributed by atoms with E-state index in [-0.39, 0.29) is 11.4 Å². The zero-order chi connectivity index (χ0) is 15.2. The maximum absolute atomic E-state index is 11.0. The molecule has 2 aromatic rings. The van der Waals surface area contributed by atoms with Crippen molar-refractivity contribution in [3.8, 4) is 11.6 Å². The van der Waals surface area contributed by atoms with Gasteiger partial charge in [0.15, 0.2) is 0 Å². The van der Waals surface area contributed by atoms with Crippen molar-refractivity contribution < 1.29 is 9.66 Å². The zero-order valence-electron chi connectivity index (χ0n) is 12.0. The van der Waals surface area contributed by atoms with Gasteiger partial charge in [-0.15, -0.1) is 0 Å². The molecule has 0 aliphatic carbocycles. The number of nitro benzene ring substituents is 1. The van der Waals surface area contributed by atoms with E-state index in [1.165, 1.54) is 6.07 Å². The molecule has 0 unspecified atom stereocenters. The van der Waals surface area contributed by atoms with E-state index in [1.54, 1.807) is 24.4 Å². The number of hydrogen-bond donors (Lipinski definition) is 1. The summed E-state index contributed by atoms with van der Waals surface area (Å²) in [5, 5.41) is 14.2. The highest BCUT2D eigenvalue weighted by molar-refractivity contribution is 5.49. The Morgan fingerprint density at radius 1 is 1.33 bits per heavy atom. The summed E-state index contributed by atoms with van der Waals surface area (Å²) in [5.74, 6) is 0.538. The number of aryl methyl sites for hydroxylation is 1. The second-order valence-electron chi connectivity index (χ2n) is 4.62. The second-order valence-corrected chi connectivity index (χ2v) is 4.62. The Kier molecular flexibility index (Phi) is 4.84. The van der Waals surface area contributed by atoms with Crippen LogP contribution in [-0.4, -0.2) is 16.5 Å². The van der Waals surface area contributed by atoms with Gasteiger partial charge in [0.1, 0.15) is 0 Å². The van der Waals surface area contributed by atoms with Gasteiger partial charge in [0.2, 0.25) is 11.6 Å². The molecule has 0 saturated carbocycles. The average Bonchev–Trinajstić information content (AvgIpc) is 2.46. The molecule has 2 rings (SSSR count). The number of benzene rings is 1. The van der Waals surface area contributed by atoms with Gasteiger partial charge >= 0.3 is 5.69 Å². The van der Waals surface area contributed by atoms with Crippen molar-refractivity contribution in [3.63, 3.8) is 0 Å². The molecule has 110 valence electrons. The highest BCUT2D eigenvalue weighted by Crippen LogP contribution is 2.31. The van der Waals surface area contributed by atoms with Gasteiger partial charge in [-0.3, -0.25) is 10.1 Å². The quantitative estimate of drug-likeness (QED) is 0.652. The van der Waals surface area contributed by atoms with Crippen LogP contribution >= 0.6 is 0 Å². The molecule has 21 heavy (non-hydrogen) atoms. The van der Waals surface area contributed by atoms with Crippen LogP contribution in [0.3, 0.4) is 0 Å². The van der Waals surface area contributed by atoms with Crippen LogP contribution in [0.25, 0.3) is 0 Å². The average molecular weight is 287 g/mol. The summed E-state index contributed by atoms with van der Waals surface area (Å²) in [6.45, 7) is 5.49. The largest absolute Gasteiger partial charge is 0.432 e. The molecule has 1 N–H and O–H groups in total. The first-order valence-electron chi connectivity index (χ1n) is 6.68. The third-order valence-electron chi connectivity index (χ3n) is 2.90. The first-order chi connectivity index (χ1) is 10.1. The Morgan fingerprint density at radius 3 is 2.76 bits per heavy atom. The molecule has 0 bridgehead atoms. The maximum atomic E-state index is 11.0. The van der Waals surface area contributed by atoms with Crippen molar-refractivity contribution in [2.24, 2.45) is 0 Å². The van der Waals surface area contributed by atoms with E-state index in [4.69, 9.17) is 4.74 Å². The molecular weight excluding hydrogens is 270 g/mol. The lowest BCUT2D eigenvalue weighted by Crippen LogP contribution is -2.11. The van der Waals surface area contributed by atoms with E-state index in [9.17, 15) is 10.1 Å². The van der Waals surface area contributed by atoms with Crippen LogP contribution in [0.15, 0.2) is 36.5 Å². The summed E-state index contributed by atoms with van der Waals surface area (Å²) in [6.07, 6.45) is 1.69. The van der Waals surface area contributed by atoms with Crippen LogP contribution in [0.1, 0.15) is 18.1 Å². The van der Waals surface area contributed by atoms with E-state index in [0.29, 0.717) is 5.88 Å². The Morgan fingerprint density at radius 2 is 2.14 bits per heavy atom. The van der Waals surface area contributed by atoms with Crippen molar-refractivity contribution in [3.05, 3.63) is 57.8 Å². The minimum Gasteiger partial charge on any atom is -0.432 e. The SMILES string of the molecule is CCNCc1ccc(Oc2cc(C)ccc2[N+](=O)[O-])nc1. The summed E-state index contributed by atoms with van der Waals surface area (Å²) in [7, 11) is 0. The second kappa shape index (κ2) is 6.81. The molecule has 0 aliphatic heterocycles. The number of nitrogens with one attached hydrogen (secondary N) is 1. The minimum absolute atomic E-state index is 0.0703. The Labute approximate surface area is 122 Å². The fourth-order valence-electron chi connectivity index (χ4n) is 1.81. The van der Waals surface area contributed by atoms with Gasteiger partial charge in [0.25, 0.3) is 0 Å². The number of hydrogen-bond acceptors (Lipinski definition) is 5. The van der Waals surface area contributed by atoms with Crippen molar-refractivity contribution in [1.29, 1.82) is 0 Å². The molecule has 0 spiro atoms. The molecule has 6 heteroatoms. The van der Waals surface area contributed by atoms with Crippen LogP contribution in [0, 0.1) is 17.0 Å². The third-order valence-corrected chi connectivity index (χ3v) is 2.90. The fraction of sp³-hybridized carbons (Fsp3) is 0.267. The molecule has 0 radical (unpaired) electrons. The number of nitrogens with zero attached hydrogens (tertiary/aromatic N) is 2. The highest BCUT2D eigenvalue weighted by atomic mass is 16.6. The van der Waals surface area contributed by atoms with Crippen LogP contribution in [0.4, 0.5) is 5.69 Å². The number of aromatic nitrogens is 1. The lowest BCUT2D eigenvalue weighted by molar-refractivity contribution is -0.385. The summed E-state index contributed by atoms with van der Waals surface area (Å²) in [6, 6.07) is 8.33. The molecule has 1 aromatic heterocycles. The molecule has 0 fully saturated rings. The summed E-state index contributed by atoms with van der Waals surface area (Å²) in [4.78, 5) is 14.7. The van der Waals surface area contributed by atoms with Gasteiger partial charge < -0.3 is 10.1 Å². The minimum atomic E-state index is -0.464. The number of rotatable bonds is 6. The normalized spacial score (nSPS) is 10.4. The van der Waals surface area contributed by atoms with Gasteiger partial charge in [-0.2, -0.15) is 0 Å². The first kappa shape index (κ1) is 14.9. The van der Waals surface area contributed by atoms with Gasteiger partial charge in [0.05, 0.1) is 4.92 Å². The molecule has 0 saturated heterocycles. The van der Waals surface area contributed by atoms with Crippen LogP contribution in [0.2, 0.25) is 0 Å². The molecular formula is C15H17N3O3. The Balaban J connectivity index is 2.18. The smallest absolute Gasteiger partial charge is 0.311 e. The Bertz CT molecular complexity index is 627. The topological polar surface area (TPSA) is 77.3 Å². The fourth-order valence-corrected chi connectivity index (χ4v) is 1.81. The molecule has 1 heterocycles. The summed E-state index contributed by atoms with van der Waals surface area (Å²) < 4.78 is 5.54. The van der Waals surface area contributed by atoms with Crippen molar-refractivity contribution in [2.75, 3.05) is 6.54 Å². The van der Waals surface area contributed by atoms with Gasteiger partial charge in [-0.25, -0.2) is 4.98 Å². The molecule has 6 nitrogen and oxygen atoms in total. The monoisotopic (exact) mass is 287 g/mol. The highest BCUT2D eigenvalue weighted by Gasteiger charge is 2.16. The van der Waals surface area contributed by atoms with Gasteiger partial charge in [-0.1, -0.05) is 19.1 Å².